The van der Waals surface area contributed by atoms with Gasteiger partial charge in [-0.15, -0.1) is 0 Å². The monoisotopic (exact) mass is 339 g/mol. The van der Waals surface area contributed by atoms with Crippen molar-refractivity contribution in [1.29, 1.82) is 5.26 Å². The van der Waals surface area contributed by atoms with Gasteiger partial charge in [-0.25, -0.2) is 4.98 Å². The van der Waals surface area contributed by atoms with Crippen LogP contribution < -0.4 is 15.6 Å². The highest BCUT2D eigenvalue weighted by atomic mass is 16.5. The van der Waals surface area contributed by atoms with E-state index >= 15 is 0 Å². The summed E-state index contributed by atoms with van der Waals surface area (Å²) in [4.78, 5) is 15.2. The first kappa shape index (κ1) is 17.2. The number of carbonyl (C=O) groups is 1. The number of rotatable bonds is 5. The highest BCUT2D eigenvalue weighted by Gasteiger charge is 2.23. The molecule has 1 saturated heterocycles. The molecule has 6 nitrogen and oxygen atoms in total. The summed E-state index contributed by atoms with van der Waals surface area (Å²) in [7, 11) is 0. The normalized spacial score (nSPS) is 16.6. The highest BCUT2D eigenvalue weighted by molar-refractivity contribution is 5.83. The molecule has 3 rings (SSSR count). The number of ether oxygens (including phenoxy) is 1. The number of nitrogens with zero attached hydrogens (tertiary/aromatic N) is 1. The molecule has 1 atom stereocenters. The largest absolute Gasteiger partial charge is 0.368 e. The van der Waals surface area contributed by atoms with Crippen LogP contribution in [0.1, 0.15) is 29.5 Å². The predicted molar refractivity (Wildman–Crippen MR) is 95.2 cm³/mol. The van der Waals surface area contributed by atoms with Crippen molar-refractivity contribution < 1.29 is 14.5 Å². The predicted octanol–water partition coefficient (Wildman–Crippen LogP) is 1.85. The summed E-state index contributed by atoms with van der Waals surface area (Å²) in [6.45, 7) is 5.75. The van der Waals surface area contributed by atoms with E-state index in [2.05, 4.69) is 33.8 Å². The SMILES string of the molecule is Cc1cc(C)c2cc(C#N)c(NCCNC(=O)[C@H]3CCCO3)[nH+]c2c1. The Morgan fingerprint density at radius 2 is 2.20 bits per heavy atom. The van der Waals surface area contributed by atoms with Crippen molar-refractivity contribution in [3.63, 3.8) is 0 Å². The Bertz CT molecular complexity index is 835. The number of H-pyrrole nitrogens is 1. The number of aromatic amines is 1. The Labute approximate surface area is 147 Å². The number of nitriles is 1. The van der Waals surface area contributed by atoms with Gasteiger partial charge in [-0.05, 0) is 49.9 Å². The van der Waals surface area contributed by atoms with E-state index in [0.717, 1.165) is 29.3 Å². The number of benzene rings is 1. The number of amides is 1. The molecule has 1 amide bonds. The molecule has 0 aliphatic carbocycles. The number of anilines is 1. The zero-order chi connectivity index (χ0) is 17.8. The van der Waals surface area contributed by atoms with Crippen molar-refractivity contribution in [1.82, 2.24) is 5.32 Å². The molecule has 0 spiro atoms. The molecule has 3 N–H and O–H groups in total. The maximum atomic E-state index is 11.9. The Kier molecular flexibility index (Phi) is 5.15. The smallest absolute Gasteiger partial charge is 0.290 e. The van der Waals surface area contributed by atoms with Crippen molar-refractivity contribution in [2.75, 3.05) is 25.0 Å². The summed E-state index contributed by atoms with van der Waals surface area (Å²) >= 11 is 0. The van der Waals surface area contributed by atoms with E-state index in [4.69, 9.17) is 4.74 Å². The van der Waals surface area contributed by atoms with Gasteiger partial charge in [0.05, 0.1) is 6.54 Å². The number of fused-ring (bicyclic) bond motifs is 1. The average molecular weight is 339 g/mol. The van der Waals surface area contributed by atoms with Gasteiger partial charge >= 0.3 is 0 Å². The van der Waals surface area contributed by atoms with Crippen LogP contribution in [0.15, 0.2) is 18.2 Å². The summed E-state index contributed by atoms with van der Waals surface area (Å²) in [5.41, 5.74) is 3.85. The van der Waals surface area contributed by atoms with Gasteiger partial charge in [-0.1, -0.05) is 6.07 Å². The van der Waals surface area contributed by atoms with Gasteiger partial charge in [0, 0.05) is 12.0 Å². The number of hydrogen-bond donors (Lipinski definition) is 2. The Morgan fingerprint density at radius 3 is 2.92 bits per heavy atom. The molecule has 0 radical (unpaired) electrons. The summed E-state index contributed by atoms with van der Waals surface area (Å²) in [5.74, 6) is 0.611. The number of pyridine rings is 1. The van der Waals surface area contributed by atoms with E-state index < -0.39 is 0 Å². The van der Waals surface area contributed by atoms with Crippen LogP contribution in [0, 0.1) is 25.2 Å². The lowest BCUT2D eigenvalue weighted by molar-refractivity contribution is -0.327. The van der Waals surface area contributed by atoms with Gasteiger partial charge in [-0.3, -0.25) is 10.1 Å². The van der Waals surface area contributed by atoms with Gasteiger partial charge in [0.2, 0.25) is 5.91 Å². The molecule has 1 aliphatic rings. The van der Waals surface area contributed by atoms with Crippen molar-refractivity contribution >= 4 is 22.6 Å². The first-order valence-electron chi connectivity index (χ1n) is 8.59. The Balaban J connectivity index is 1.66. The summed E-state index contributed by atoms with van der Waals surface area (Å²) in [6, 6.07) is 8.29. The lowest BCUT2D eigenvalue weighted by atomic mass is 10.0. The van der Waals surface area contributed by atoms with E-state index in [1.807, 2.05) is 19.9 Å². The third-order valence-electron chi connectivity index (χ3n) is 4.42. The van der Waals surface area contributed by atoms with Crippen LogP contribution in [0.3, 0.4) is 0 Å². The second-order valence-corrected chi connectivity index (χ2v) is 6.43. The standard InChI is InChI=1S/C19H22N4O2/c1-12-8-13(2)15-10-14(11-20)18(23-16(15)9-12)21-5-6-22-19(24)17-4-3-7-25-17/h8-10,17H,3-7H2,1-2H3,(H,21,23)(H,22,24)/p+1/t17-/m1/s1. The third-order valence-corrected chi connectivity index (χ3v) is 4.42. The quantitative estimate of drug-likeness (QED) is 0.814. The molecular weight excluding hydrogens is 316 g/mol. The average Bonchev–Trinajstić information content (AvgIpc) is 3.12. The van der Waals surface area contributed by atoms with Crippen LogP contribution >= 0.6 is 0 Å². The van der Waals surface area contributed by atoms with Gasteiger partial charge in [0.25, 0.3) is 5.82 Å². The number of aryl methyl sites for hydroxylation is 2. The molecule has 1 aromatic carbocycles. The minimum atomic E-state index is -0.312. The topological polar surface area (TPSA) is 88.3 Å². The van der Waals surface area contributed by atoms with Crippen molar-refractivity contribution in [2.45, 2.75) is 32.8 Å². The molecule has 1 aliphatic heterocycles. The van der Waals surface area contributed by atoms with E-state index in [9.17, 15) is 10.1 Å². The second kappa shape index (κ2) is 7.49. The third kappa shape index (κ3) is 3.89. The number of carbonyl (C=O) groups excluding carboxylic acids is 1. The van der Waals surface area contributed by atoms with Crippen LogP contribution in [0.2, 0.25) is 0 Å². The molecule has 2 aromatic rings. The van der Waals surface area contributed by atoms with Gasteiger partial charge < -0.3 is 10.1 Å². The summed E-state index contributed by atoms with van der Waals surface area (Å²) in [5, 5.41) is 16.5. The Morgan fingerprint density at radius 1 is 1.36 bits per heavy atom. The van der Waals surface area contributed by atoms with Gasteiger partial charge in [-0.2, -0.15) is 5.26 Å². The maximum absolute atomic E-state index is 11.9. The lowest BCUT2D eigenvalue weighted by Crippen LogP contribution is -2.37. The maximum Gasteiger partial charge on any atom is 0.290 e. The van der Waals surface area contributed by atoms with Crippen LogP contribution in [-0.4, -0.2) is 31.7 Å². The fraction of sp³-hybridized carbons (Fsp3) is 0.421. The van der Waals surface area contributed by atoms with Crippen LogP contribution in [-0.2, 0) is 9.53 Å². The molecule has 0 saturated carbocycles. The van der Waals surface area contributed by atoms with Crippen molar-refractivity contribution in [3.05, 3.63) is 34.9 Å². The van der Waals surface area contributed by atoms with E-state index in [-0.39, 0.29) is 12.0 Å². The van der Waals surface area contributed by atoms with Crippen LogP contribution in [0.25, 0.3) is 10.9 Å². The summed E-state index contributed by atoms with van der Waals surface area (Å²) in [6.07, 6.45) is 1.41. The molecule has 6 heteroatoms. The van der Waals surface area contributed by atoms with Gasteiger partial charge in [0.15, 0.2) is 0 Å². The number of hydrogen-bond acceptors (Lipinski definition) is 4. The first-order chi connectivity index (χ1) is 12.1. The molecule has 25 heavy (non-hydrogen) atoms. The number of nitrogens with one attached hydrogen (secondary N) is 3. The molecule has 130 valence electrons. The van der Waals surface area contributed by atoms with Crippen molar-refractivity contribution in [2.24, 2.45) is 0 Å². The molecule has 2 heterocycles. The zero-order valence-electron chi connectivity index (χ0n) is 14.6. The summed E-state index contributed by atoms with van der Waals surface area (Å²) < 4.78 is 5.36. The number of aromatic nitrogens is 1. The van der Waals surface area contributed by atoms with Gasteiger partial charge in [0.1, 0.15) is 29.8 Å². The minimum absolute atomic E-state index is 0.0615. The molecule has 0 bridgehead atoms. The van der Waals surface area contributed by atoms with E-state index in [1.165, 1.54) is 5.56 Å². The molecule has 1 fully saturated rings. The Hall–Kier alpha value is -2.65. The van der Waals surface area contributed by atoms with Crippen molar-refractivity contribution in [3.8, 4) is 6.07 Å². The highest BCUT2D eigenvalue weighted by Crippen LogP contribution is 2.21. The molecular formula is C19H23N4O2+. The van der Waals surface area contributed by atoms with E-state index in [0.29, 0.717) is 31.1 Å². The minimum Gasteiger partial charge on any atom is -0.368 e. The second-order valence-electron chi connectivity index (χ2n) is 6.43. The van der Waals surface area contributed by atoms with Crippen LogP contribution in [0.4, 0.5) is 5.82 Å². The molecule has 1 aromatic heterocycles. The van der Waals surface area contributed by atoms with Crippen LogP contribution in [0.5, 0.6) is 0 Å². The fourth-order valence-corrected chi connectivity index (χ4v) is 3.19. The van der Waals surface area contributed by atoms with E-state index in [1.54, 1.807) is 0 Å². The first-order valence-corrected chi connectivity index (χ1v) is 8.59. The zero-order valence-corrected chi connectivity index (χ0v) is 14.6. The fourth-order valence-electron chi connectivity index (χ4n) is 3.19. The molecule has 0 unspecified atom stereocenters. The lowest BCUT2D eigenvalue weighted by Gasteiger charge is -2.10.